The first-order valence-corrected chi connectivity index (χ1v) is 6.22. The third-order valence-corrected chi connectivity index (χ3v) is 4.01. The fraction of sp³-hybridized carbons (Fsp3) is 0.125. The standard InChI is InChI=1S/C16H14N2/c17-11-1-3-13-9(5-11)7-16-14-4-2-12(18)6-10(14)8-15(13)16/h1-6H,7-8,17-18H2. The molecule has 2 heteroatoms. The number of hydrogen-bond acceptors (Lipinski definition) is 2. The summed E-state index contributed by atoms with van der Waals surface area (Å²) in [6.45, 7) is 0. The van der Waals surface area contributed by atoms with Gasteiger partial charge in [-0.3, -0.25) is 0 Å². The maximum Gasteiger partial charge on any atom is 0.0317 e. The highest BCUT2D eigenvalue weighted by Crippen LogP contribution is 2.46. The second kappa shape index (κ2) is 3.16. The van der Waals surface area contributed by atoms with E-state index in [0.717, 1.165) is 24.2 Å². The first kappa shape index (κ1) is 9.77. The fourth-order valence-corrected chi connectivity index (χ4v) is 3.22. The first-order chi connectivity index (χ1) is 8.72. The SMILES string of the molecule is Nc1ccc2c(c1)CC1=C2Cc2cc(N)ccc21. The van der Waals surface area contributed by atoms with Gasteiger partial charge in [0.25, 0.3) is 0 Å². The van der Waals surface area contributed by atoms with Crippen LogP contribution in [0.15, 0.2) is 36.4 Å². The Kier molecular flexibility index (Phi) is 1.72. The lowest BCUT2D eigenvalue weighted by Crippen LogP contribution is -1.95. The van der Waals surface area contributed by atoms with Crippen LogP contribution in [0.2, 0.25) is 0 Å². The fourth-order valence-electron chi connectivity index (χ4n) is 3.22. The third-order valence-electron chi connectivity index (χ3n) is 4.01. The van der Waals surface area contributed by atoms with E-state index in [1.807, 2.05) is 12.1 Å². The zero-order chi connectivity index (χ0) is 12.3. The molecule has 0 fully saturated rings. The lowest BCUT2D eigenvalue weighted by molar-refractivity contribution is 1.26. The highest BCUT2D eigenvalue weighted by Gasteiger charge is 2.29. The molecule has 4 N–H and O–H groups in total. The van der Waals surface area contributed by atoms with Gasteiger partial charge in [-0.25, -0.2) is 0 Å². The zero-order valence-electron chi connectivity index (χ0n) is 10.0. The number of fused-ring (bicyclic) bond motifs is 4. The molecule has 0 atom stereocenters. The van der Waals surface area contributed by atoms with E-state index in [0.29, 0.717) is 0 Å². The summed E-state index contributed by atoms with van der Waals surface area (Å²) >= 11 is 0. The zero-order valence-corrected chi connectivity index (χ0v) is 10.0. The Labute approximate surface area is 106 Å². The molecule has 0 bridgehead atoms. The molecule has 0 heterocycles. The number of benzene rings is 2. The molecule has 2 aliphatic carbocycles. The van der Waals surface area contributed by atoms with Gasteiger partial charge in [0.1, 0.15) is 0 Å². The average Bonchev–Trinajstić information content (AvgIpc) is 2.83. The predicted octanol–water partition coefficient (Wildman–Crippen LogP) is 2.87. The van der Waals surface area contributed by atoms with Crippen molar-refractivity contribution < 1.29 is 0 Å². The van der Waals surface area contributed by atoms with Crippen molar-refractivity contribution in [2.24, 2.45) is 0 Å². The van der Waals surface area contributed by atoms with Gasteiger partial charge in [-0.1, -0.05) is 12.1 Å². The van der Waals surface area contributed by atoms with E-state index in [9.17, 15) is 0 Å². The molecule has 0 saturated carbocycles. The average molecular weight is 234 g/mol. The van der Waals surface area contributed by atoms with Crippen molar-refractivity contribution in [3.63, 3.8) is 0 Å². The van der Waals surface area contributed by atoms with Gasteiger partial charge < -0.3 is 11.5 Å². The summed E-state index contributed by atoms with van der Waals surface area (Å²) in [6, 6.07) is 12.5. The molecule has 0 amide bonds. The van der Waals surface area contributed by atoms with Crippen molar-refractivity contribution in [3.05, 3.63) is 58.7 Å². The molecule has 0 saturated heterocycles. The number of allylic oxidation sites excluding steroid dienone is 2. The lowest BCUT2D eigenvalue weighted by atomic mass is 9.98. The van der Waals surface area contributed by atoms with Crippen molar-refractivity contribution in [1.82, 2.24) is 0 Å². The smallest absolute Gasteiger partial charge is 0.0317 e. The van der Waals surface area contributed by atoms with Crippen LogP contribution >= 0.6 is 0 Å². The van der Waals surface area contributed by atoms with Gasteiger partial charge in [-0.05, 0) is 70.5 Å². The van der Waals surface area contributed by atoms with E-state index in [-0.39, 0.29) is 0 Å². The molecule has 0 unspecified atom stereocenters. The summed E-state index contributed by atoms with van der Waals surface area (Å²) < 4.78 is 0. The second-order valence-corrected chi connectivity index (χ2v) is 5.14. The van der Waals surface area contributed by atoms with E-state index in [2.05, 4.69) is 24.3 Å². The van der Waals surface area contributed by atoms with Crippen LogP contribution in [0.4, 0.5) is 11.4 Å². The summed E-state index contributed by atoms with van der Waals surface area (Å²) in [4.78, 5) is 0. The van der Waals surface area contributed by atoms with Gasteiger partial charge in [0.15, 0.2) is 0 Å². The highest BCUT2D eigenvalue weighted by molar-refractivity contribution is 6.02. The Morgan fingerprint density at radius 3 is 1.56 bits per heavy atom. The molecule has 0 radical (unpaired) electrons. The van der Waals surface area contributed by atoms with Crippen LogP contribution in [0.5, 0.6) is 0 Å². The minimum atomic E-state index is 0.854. The van der Waals surface area contributed by atoms with Crippen molar-refractivity contribution in [2.45, 2.75) is 12.8 Å². The quantitative estimate of drug-likeness (QED) is 0.689. The van der Waals surface area contributed by atoms with Crippen LogP contribution in [-0.2, 0) is 12.8 Å². The largest absolute Gasteiger partial charge is 0.399 e. The first-order valence-electron chi connectivity index (χ1n) is 6.22. The van der Waals surface area contributed by atoms with Gasteiger partial charge in [0.2, 0.25) is 0 Å². The molecular formula is C16H14N2. The molecule has 0 spiro atoms. The molecule has 2 aliphatic rings. The Balaban J connectivity index is 1.87. The Morgan fingerprint density at radius 2 is 1.11 bits per heavy atom. The van der Waals surface area contributed by atoms with E-state index >= 15 is 0 Å². The predicted molar refractivity (Wildman–Crippen MR) is 75.9 cm³/mol. The molecule has 2 aromatic carbocycles. The summed E-state index contributed by atoms with van der Waals surface area (Å²) in [6.07, 6.45) is 2.01. The van der Waals surface area contributed by atoms with Crippen molar-refractivity contribution >= 4 is 22.5 Å². The van der Waals surface area contributed by atoms with Crippen LogP contribution in [0.25, 0.3) is 11.1 Å². The van der Waals surface area contributed by atoms with Gasteiger partial charge in [0.05, 0.1) is 0 Å². The number of hydrogen-bond donors (Lipinski definition) is 2. The van der Waals surface area contributed by atoms with Crippen molar-refractivity contribution in [1.29, 1.82) is 0 Å². The number of rotatable bonds is 0. The molecule has 2 aromatic rings. The maximum absolute atomic E-state index is 5.86. The van der Waals surface area contributed by atoms with E-state index in [1.54, 1.807) is 0 Å². The monoisotopic (exact) mass is 234 g/mol. The van der Waals surface area contributed by atoms with Crippen LogP contribution in [-0.4, -0.2) is 0 Å². The molecule has 0 aromatic heterocycles. The van der Waals surface area contributed by atoms with Crippen molar-refractivity contribution in [3.8, 4) is 0 Å². The minimum absolute atomic E-state index is 0.854. The number of nitrogen functional groups attached to an aromatic ring is 2. The van der Waals surface area contributed by atoms with E-state index in [4.69, 9.17) is 11.5 Å². The maximum atomic E-state index is 5.86. The van der Waals surface area contributed by atoms with E-state index < -0.39 is 0 Å². The minimum Gasteiger partial charge on any atom is -0.399 e. The molecule has 0 aliphatic heterocycles. The highest BCUT2D eigenvalue weighted by atomic mass is 14.6. The van der Waals surface area contributed by atoms with Gasteiger partial charge in [0, 0.05) is 11.4 Å². The molecule has 88 valence electrons. The normalized spacial score (nSPS) is 15.6. The molecule has 4 rings (SSSR count). The molecular weight excluding hydrogens is 220 g/mol. The topological polar surface area (TPSA) is 52.0 Å². The number of nitrogens with two attached hydrogens (primary N) is 2. The van der Waals surface area contributed by atoms with Crippen LogP contribution < -0.4 is 11.5 Å². The Hall–Kier alpha value is -2.22. The van der Waals surface area contributed by atoms with Crippen LogP contribution in [0, 0.1) is 0 Å². The summed E-state index contributed by atoms with van der Waals surface area (Å²) in [5, 5.41) is 0. The summed E-state index contributed by atoms with van der Waals surface area (Å²) in [5.41, 5.74) is 21.8. The van der Waals surface area contributed by atoms with Crippen LogP contribution in [0.3, 0.4) is 0 Å². The molecule has 2 nitrogen and oxygen atoms in total. The van der Waals surface area contributed by atoms with Gasteiger partial charge in [-0.2, -0.15) is 0 Å². The van der Waals surface area contributed by atoms with E-state index in [1.165, 1.54) is 33.4 Å². The Bertz CT molecular complexity index is 650. The van der Waals surface area contributed by atoms with Gasteiger partial charge >= 0.3 is 0 Å². The summed E-state index contributed by atoms with van der Waals surface area (Å²) in [7, 11) is 0. The third kappa shape index (κ3) is 1.17. The summed E-state index contributed by atoms with van der Waals surface area (Å²) in [5.74, 6) is 0. The lowest BCUT2D eigenvalue weighted by Gasteiger charge is -2.08. The second-order valence-electron chi connectivity index (χ2n) is 5.14. The van der Waals surface area contributed by atoms with Gasteiger partial charge in [-0.15, -0.1) is 0 Å². The number of anilines is 2. The van der Waals surface area contributed by atoms with Crippen molar-refractivity contribution in [2.75, 3.05) is 11.5 Å². The van der Waals surface area contributed by atoms with Crippen LogP contribution in [0.1, 0.15) is 22.3 Å². The Morgan fingerprint density at radius 1 is 0.667 bits per heavy atom. The molecule has 18 heavy (non-hydrogen) atoms.